The first kappa shape index (κ1) is 16.4. The largest absolute Gasteiger partial charge is 0.273 e. The van der Waals surface area contributed by atoms with Gasteiger partial charge in [0.05, 0.1) is 5.71 Å². The molecule has 3 nitrogen and oxygen atoms in total. The molecule has 1 rings (SSSR count). The zero-order chi connectivity index (χ0) is 14.8. The third-order valence-electron chi connectivity index (χ3n) is 3.03. The number of hydrazone groups is 1. The predicted molar refractivity (Wildman–Crippen MR) is 84.7 cm³/mol. The third-order valence-corrected chi connectivity index (χ3v) is 3.03. The number of carbonyl (C=O) groups excluding carboxylic acids is 1. The van der Waals surface area contributed by atoms with Crippen LogP contribution in [0.2, 0.25) is 0 Å². The lowest BCUT2D eigenvalue weighted by Crippen LogP contribution is -2.20. The molecule has 0 saturated heterocycles. The van der Waals surface area contributed by atoms with Crippen molar-refractivity contribution in [2.45, 2.75) is 52.9 Å². The van der Waals surface area contributed by atoms with Gasteiger partial charge < -0.3 is 0 Å². The highest BCUT2D eigenvalue weighted by Gasteiger charge is 2.07. The number of benzene rings is 1. The molecule has 0 atom stereocenters. The maximum absolute atomic E-state index is 11.7. The van der Waals surface area contributed by atoms with Crippen LogP contribution in [0.15, 0.2) is 35.4 Å². The lowest BCUT2D eigenvalue weighted by molar-refractivity contribution is -0.121. The Morgan fingerprint density at radius 2 is 1.90 bits per heavy atom. The van der Waals surface area contributed by atoms with Gasteiger partial charge in [0.25, 0.3) is 0 Å². The Morgan fingerprint density at radius 3 is 2.50 bits per heavy atom. The van der Waals surface area contributed by atoms with Crippen LogP contribution in [0.1, 0.15) is 58.4 Å². The molecule has 0 aromatic heterocycles. The van der Waals surface area contributed by atoms with Gasteiger partial charge in [-0.25, -0.2) is 5.43 Å². The smallest absolute Gasteiger partial charge is 0.240 e. The molecule has 1 N–H and O–H groups in total. The van der Waals surface area contributed by atoms with Crippen molar-refractivity contribution in [3.8, 4) is 0 Å². The Morgan fingerprint density at radius 1 is 1.20 bits per heavy atom. The second-order valence-electron chi connectivity index (χ2n) is 5.51. The minimum atomic E-state index is 0.00985. The van der Waals surface area contributed by atoms with Gasteiger partial charge in [0.1, 0.15) is 0 Å². The Kier molecular flexibility index (Phi) is 7.63. The molecule has 0 bridgehead atoms. The van der Waals surface area contributed by atoms with Gasteiger partial charge in [0.2, 0.25) is 5.91 Å². The molecule has 3 heteroatoms. The highest BCUT2D eigenvalue weighted by atomic mass is 16.2. The Labute approximate surface area is 122 Å². The maximum Gasteiger partial charge on any atom is 0.240 e. The summed E-state index contributed by atoms with van der Waals surface area (Å²) in [5.41, 5.74) is 4.72. The number of unbranched alkanes of at least 4 members (excludes halogenated alkanes) is 2. The summed E-state index contributed by atoms with van der Waals surface area (Å²) in [6.07, 6.45) is 4.57. The van der Waals surface area contributed by atoms with Crippen LogP contribution in [-0.2, 0) is 4.79 Å². The van der Waals surface area contributed by atoms with Crippen LogP contribution in [0.5, 0.6) is 0 Å². The number of hydrogen-bond acceptors (Lipinski definition) is 2. The summed E-state index contributed by atoms with van der Waals surface area (Å²) >= 11 is 0. The molecular formula is C17H26N2O. The molecule has 0 fully saturated rings. The summed E-state index contributed by atoms with van der Waals surface area (Å²) in [6, 6.07) is 10.0. The van der Waals surface area contributed by atoms with E-state index in [1.165, 1.54) is 0 Å². The van der Waals surface area contributed by atoms with E-state index in [9.17, 15) is 4.79 Å². The fraction of sp³-hybridized carbons (Fsp3) is 0.529. The molecule has 1 aromatic carbocycles. The van der Waals surface area contributed by atoms with Gasteiger partial charge in [-0.1, -0.05) is 63.9 Å². The van der Waals surface area contributed by atoms with Gasteiger partial charge in [-0.2, -0.15) is 5.10 Å². The Bertz CT molecular complexity index is 424. The normalized spacial score (nSPS) is 11.7. The highest BCUT2D eigenvalue weighted by molar-refractivity contribution is 6.01. The minimum absolute atomic E-state index is 0.00985. The summed E-state index contributed by atoms with van der Waals surface area (Å²) in [5, 5.41) is 4.33. The number of rotatable bonds is 8. The molecule has 0 radical (unpaired) electrons. The summed E-state index contributed by atoms with van der Waals surface area (Å²) < 4.78 is 0. The van der Waals surface area contributed by atoms with Gasteiger partial charge in [-0.15, -0.1) is 0 Å². The van der Waals surface area contributed by atoms with E-state index in [0.29, 0.717) is 12.3 Å². The van der Waals surface area contributed by atoms with E-state index in [-0.39, 0.29) is 5.91 Å². The molecule has 110 valence electrons. The van der Waals surface area contributed by atoms with Crippen molar-refractivity contribution in [2.75, 3.05) is 0 Å². The van der Waals surface area contributed by atoms with Crippen LogP contribution >= 0.6 is 0 Å². The fourth-order valence-electron chi connectivity index (χ4n) is 1.97. The van der Waals surface area contributed by atoms with E-state index < -0.39 is 0 Å². The van der Waals surface area contributed by atoms with E-state index in [1.54, 1.807) is 0 Å². The van der Waals surface area contributed by atoms with Crippen molar-refractivity contribution in [3.05, 3.63) is 35.9 Å². The second kappa shape index (κ2) is 9.29. The standard InChI is InChI=1S/C17H26N2O/c1-4-5-7-12-17(20)19-18-16(13-14(2)3)15-10-8-6-9-11-15/h6,8-11,14H,4-5,7,12-13H2,1-3H3,(H,19,20). The van der Waals surface area contributed by atoms with Gasteiger partial charge in [0.15, 0.2) is 0 Å². The molecule has 0 spiro atoms. The molecule has 1 aromatic rings. The second-order valence-corrected chi connectivity index (χ2v) is 5.51. The topological polar surface area (TPSA) is 41.5 Å². The van der Waals surface area contributed by atoms with Crippen molar-refractivity contribution >= 4 is 11.6 Å². The van der Waals surface area contributed by atoms with Crippen LogP contribution in [0.3, 0.4) is 0 Å². The lowest BCUT2D eigenvalue weighted by atomic mass is 10.0. The zero-order valence-electron chi connectivity index (χ0n) is 12.9. The summed E-state index contributed by atoms with van der Waals surface area (Å²) in [6.45, 7) is 6.44. The Balaban J connectivity index is 2.64. The predicted octanol–water partition coefficient (Wildman–Crippen LogP) is 4.13. The van der Waals surface area contributed by atoms with E-state index in [4.69, 9.17) is 0 Å². The first-order valence-electron chi connectivity index (χ1n) is 7.54. The molecule has 0 aliphatic carbocycles. The van der Waals surface area contributed by atoms with Crippen LogP contribution < -0.4 is 5.43 Å². The van der Waals surface area contributed by atoms with Gasteiger partial charge in [-0.05, 0) is 24.3 Å². The van der Waals surface area contributed by atoms with Crippen molar-refractivity contribution in [1.29, 1.82) is 0 Å². The fourth-order valence-corrected chi connectivity index (χ4v) is 1.97. The minimum Gasteiger partial charge on any atom is -0.273 e. The molecule has 0 heterocycles. The van der Waals surface area contributed by atoms with Gasteiger partial charge >= 0.3 is 0 Å². The molecule has 1 amide bonds. The molecule has 20 heavy (non-hydrogen) atoms. The summed E-state index contributed by atoms with van der Waals surface area (Å²) in [7, 11) is 0. The molecule has 0 aliphatic rings. The molecular weight excluding hydrogens is 248 g/mol. The van der Waals surface area contributed by atoms with Crippen LogP contribution in [0.4, 0.5) is 0 Å². The number of carbonyl (C=O) groups is 1. The monoisotopic (exact) mass is 274 g/mol. The average molecular weight is 274 g/mol. The SMILES string of the molecule is CCCCCC(=O)NN=C(CC(C)C)c1ccccc1. The first-order valence-corrected chi connectivity index (χ1v) is 7.54. The zero-order valence-corrected chi connectivity index (χ0v) is 12.9. The van der Waals surface area contributed by atoms with Crippen LogP contribution in [0, 0.1) is 5.92 Å². The quantitative estimate of drug-likeness (QED) is 0.432. The van der Waals surface area contributed by atoms with Crippen molar-refractivity contribution in [1.82, 2.24) is 5.43 Å². The number of nitrogens with zero attached hydrogens (tertiary/aromatic N) is 1. The summed E-state index contributed by atoms with van der Waals surface area (Å²) in [4.78, 5) is 11.7. The molecule has 0 unspecified atom stereocenters. The Hall–Kier alpha value is -1.64. The van der Waals surface area contributed by atoms with Crippen LogP contribution in [-0.4, -0.2) is 11.6 Å². The van der Waals surface area contributed by atoms with E-state index in [0.717, 1.165) is 37.0 Å². The number of hydrogen-bond donors (Lipinski definition) is 1. The van der Waals surface area contributed by atoms with Crippen LogP contribution in [0.25, 0.3) is 0 Å². The van der Waals surface area contributed by atoms with Gasteiger partial charge in [0, 0.05) is 6.42 Å². The number of amides is 1. The molecule has 0 aliphatic heterocycles. The van der Waals surface area contributed by atoms with E-state index in [2.05, 4.69) is 31.3 Å². The highest BCUT2D eigenvalue weighted by Crippen LogP contribution is 2.10. The van der Waals surface area contributed by atoms with E-state index >= 15 is 0 Å². The number of nitrogens with one attached hydrogen (secondary N) is 1. The molecule has 0 saturated carbocycles. The third kappa shape index (κ3) is 6.50. The van der Waals surface area contributed by atoms with E-state index in [1.807, 2.05) is 30.3 Å². The maximum atomic E-state index is 11.7. The average Bonchev–Trinajstić information content (AvgIpc) is 2.44. The van der Waals surface area contributed by atoms with Crippen molar-refractivity contribution in [2.24, 2.45) is 11.0 Å². The van der Waals surface area contributed by atoms with Crippen molar-refractivity contribution in [3.63, 3.8) is 0 Å². The van der Waals surface area contributed by atoms with Crippen molar-refractivity contribution < 1.29 is 4.79 Å². The summed E-state index contributed by atoms with van der Waals surface area (Å²) in [5.74, 6) is 0.515. The lowest BCUT2D eigenvalue weighted by Gasteiger charge is -2.10. The first-order chi connectivity index (χ1) is 9.63. The van der Waals surface area contributed by atoms with Gasteiger partial charge in [-0.3, -0.25) is 4.79 Å².